The van der Waals surface area contributed by atoms with Gasteiger partial charge in [-0.25, -0.2) is 0 Å². The highest BCUT2D eigenvalue weighted by Crippen LogP contribution is 2.10. The van der Waals surface area contributed by atoms with E-state index in [1.165, 1.54) is 0 Å². The maximum absolute atomic E-state index is 11.6. The molecule has 0 saturated heterocycles. The smallest absolute Gasteiger partial charge is 0.238 e. The van der Waals surface area contributed by atoms with Gasteiger partial charge in [-0.3, -0.25) is 9.78 Å². The molecule has 3 N–H and O–H groups in total. The molecule has 0 radical (unpaired) electrons. The molecule has 0 fully saturated rings. The number of carbonyl (C=O) groups excluding carboxylic acids is 1. The third-order valence-corrected chi connectivity index (χ3v) is 2.24. The summed E-state index contributed by atoms with van der Waals surface area (Å²) >= 11 is 0. The first-order valence-electron chi connectivity index (χ1n) is 5.04. The van der Waals surface area contributed by atoms with Gasteiger partial charge in [-0.15, -0.1) is 12.3 Å². The highest BCUT2D eigenvalue weighted by molar-refractivity contribution is 5.82. The Kier molecular flexibility index (Phi) is 4.49. The zero-order valence-electron chi connectivity index (χ0n) is 9.18. The quantitative estimate of drug-likeness (QED) is 0.726. The van der Waals surface area contributed by atoms with Crippen molar-refractivity contribution in [2.24, 2.45) is 5.73 Å². The van der Waals surface area contributed by atoms with Crippen molar-refractivity contribution in [3.05, 3.63) is 30.1 Å². The van der Waals surface area contributed by atoms with E-state index in [4.69, 9.17) is 12.2 Å². The van der Waals surface area contributed by atoms with E-state index in [0.29, 0.717) is 0 Å². The van der Waals surface area contributed by atoms with Crippen molar-refractivity contribution >= 4 is 5.91 Å². The van der Waals surface area contributed by atoms with Crippen molar-refractivity contribution < 1.29 is 4.79 Å². The third-order valence-electron chi connectivity index (χ3n) is 2.24. The number of nitrogens with two attached hydrogens (primary N) is 1. The van der Waals surface area contributed by atoms with E-state index in [1.807, 2.05) is 19.1 Å². The second-order valence-electron chi connectivity index (χ2n) is 3.53. The van der Waals surface area contributed by atoms with E-state index in [1.54, 1.807) is 12.4 Å². The fourth-order valence-electron chi connectivity index (χ4n) is 1.28. The number of hydrogen-bond acceptors (Lipinski definition) is 3. The average molecular weight is 217 g/mol. The fraction of sp³-hybridized carbons (Fsp3) is 0.333. The summed E-state index contributed by atoms with van der Waals surface area (Å²) in [5, 5.41) is 2.79. The van der Waals surface area contributed by atoms with Crippen molar-refractivity contribution in [3.63, 3.8) is 0 Å². The van der Waals surface area contributed by atoms with E-state index in [2.05, 4.69) is 16.2 Å². The van der Waals surface area contributed by atoms with Gasteiger partial charge in [0.15, 0.2) is 0 Å². The molecule has 84 valence electrons. The maximum Gasteiger partial charge on any atom is 0.238 e. The minimum absolute atomic E-state index is 0.0978. The zero-order valence-corrected chi connectivity index (χ0v) is 9.18. The van der Waals surface area contributed by atoms with Crippen LogP contribution in [0, 0.1) is 12.3 Å². The normalized spacial score (nSPS) is 13.6. The molecule has 1 unspecified atom stereocenters. The van der Waals surface area contributed by atoms with Crippen LogP contribution in [-0.4, -0.2) is 16.9 Å². The number of carbonyl (C=O) groups is 1. The molecular formula is C12H15N3O. The Morgan fingerprint density at radius 2 is 2.25 bits per heavy atom. The number of nitrogens with zero attached hydrogens (tertiary/aromatic N) is 1. The first-order chi connectivity index (χ1) is 7.65. The van der Waals surface area contributed by atoms with Gasteiger partial charge in [-0.2, -0.15) is 0 Å². The number of terminal acetylenes is 1. The van der Waals surface area contributed by atoms with Crippen LogP contribution in [0.2, 0.25) is 0 Å². The summed E-state index contributed by atoms with van der Waals surface area (Å²) in [6.45, 7) is 1.88. The van der Waals surface area contributed by atoms with Gasteiger partial charge in [0, 0.05) is 18.8 Å². The topological polar surface area (TPSA) is 68.0 Å². The predicted octanol–water partition coefficient (Wildman–Crippen LogP) is 0.609. The molecule has 0 spiro atoms. The summed E-state index contributed by atoms with van der Waals surface area (Å²) < 4.78 is 0. The molecule has 4 heteroatoms. The van der Waals surface area contributed by atoms with Crippen molar-refractivity contribution in [3.8, 4) is 12.3 Å². The van der Waals surface area contributed by atoms with Crippen LogP contribution in [0.3, 0.4) is 0 Å². The molecule has 0 saturated carbocycles. The van der Waals surface area contributed by atoms with Crippen molar-refractivity contribution in [2.75, 3.05) is 0 Å². The molecule has 1 heterocycles. The number of pyridine rings is 1. The summed E-state index contributed by atoms with van der Waals surface area (Å²) in [7, 11) is 0. The molecule has 0 aliphatic heterocycles. The lowest BCUT2D eigenvalue weighted by atomic mass is 10.1. The monoisotopic (exact) mass is 217 g/mol. The number of amides is 1. The van der Waals surface area contributed by atoms with E-state index >= 15 is 0 Å². The summed E-state index contributed by atoms with van der Waals surface area (Å²) in [5.74, 6) is 2.13. The van der Waals surface area contributed by atoms with Crippen molar-refractivity contribution in [1.29, 1.82) is 0 Å². The molecule has 2 atom stereocenters. The van der Waals surface area contributed by atoms with Crippen molar-refractivity contribution in [2.45, 2.75) is 25.4 Å². The van der Waals surface area contributed by atoms with Gasteiger partial charge in [0.2, 0.25) is 5.91 Å². The average Bonchev–Trinajstić information content (AvgIpc) is 2.30. The summed E-state index contributed by atoms with van der Waals surface area (Å²) in [5.41, 5.74) is 6.57. The SMILES string of the molecule is C#CCC(N)C(=O)N[C@H](C)c1ccncc1. The predicted molar refractivity (Wildman–Crippen MR) is 62.2 cm³/mol. The van der Waals surface area contributed by atoms with Crippen molar-refractivity contribution in [1.82, 2.24) is 10.3 Å². The number of nitrogens with one attached hydrogen (secondary N) is 1. The molecule has 16 heavy (non-hydrogen) atoms. The lowest BCUT2D eigenvalue weighted by Gasteiger charge is -2.16. The highest BCUT2D eigenvalue weighted by Gasteiger charge is 2.15. The van der Waals surface area contributed by atoms with Gasteiger partial charge in [-0.1, -0.05) is 0 Å². The number of rotatable bonds is 4. The van der Waals surface area contributed by atoms with E-state index in [0.717, 1.165) is 5.56 Å². The first-order valence-corrected chi connectivity index (χ1v) is 5.04. The Labute approximate surface area is 95.3 Å². The Bertz CT molecular complexity index is 383. The first kappa shape index (κ1) is 12.2. The van der Waals surface area contributed by atoms with Crippen LogP contribution in [0.1, 0.15) is 24.9 Å². The van der Waals surface area contributed by atoms with Crippen LogP contribution in [0.4, 0.5) is 0 Å². The minimum Gasteiger partial charge on any atom is -0.348 e. The van der Waals surface area contributed by atoms with Crippen LogP contribution >= 0.6 is 0 Å². The number of aromatic nitrogens is 1. The molecular weight excluding hydrogens is 202 g/mol. The van der Waals surface area contributed by atoms with Gasteiger partial charge in [-0.05, 0) is 24.6 Å². The van der Waals surface area contributed by atoms with Gasteiger partial charge >= 0.3 is 0 Å². The summed E-state index contributed by atoms with van der Waals surface area (Å²) in [4.78, 5) is 15.5. The maximum atomic E-state index is 11.6. The van der Waals surface area contributed by atoms with Gasteiger partial charge < -0.3 is 11.1 Å². The molecule has 1 aromatic heterocycles. The van der Waals surface area contributed by atoms with E-state index in [9.17, 15) is 4.79 Å². The Morgan fingerprint density at radius 1 is 1.62 bits per heavy atom. The molecule has 0 bridgehead atoms. The zero-order chi connectivity index (χ0) is 12.0. The van der Waals surface area contributed by atoms with Crippen LogP contribution in [-0.2, 0) is 4.79 Å². The molecule has 1 amide bonds. The molecule has 0 aliphatic carbocycles. The Morgan fingerprint density at radius 3 is 2.81 bits per heavy atom. The summed E-state index contributed by atoms with van der Waals surface area (Å²) in [6.07, 6.45) is 8.70. The van der Waals surface area contributed by atoms with Crippen LogP contribution in [0.25, 0.3) is 0 Å². The lowest BCUT2D eigenvalue weighted by molar-refractivity contribution is -0.122. The second kappa shape index (κ2) is 5.89. The van der Waals surface area contributed by atoms with Gasteiger partial charge in [0.05, 0.1) is 12.1 Å². The molecule has 0 aliphatic rings. The molecule has 0 aromatic carbocycles. The lowest BCUT2D eigenvalue weighted by Crippen LogP contribution is -2.41. The second-order valence-corrected chi connectivity index (χ2v) is 3.53. The van der Waals surface area contributed by atoms with Crippen LogP contribution < -0.4 is 11.1 Å². The molecule has 1 rings (SSSR count). The van der Waals surface area contributed by atoms with Crippen LogP contribution in [0.15, 0.2) is 24.5 Å². The van der Waals surface area contributed by atoms with Gasteiger partial charge in [0.1, 0.15) is 0 Å². The minimum atomic E-state index is -0.644. The summed E-state index contributed by atoms with van der Waals surface area (Å²) in [6, 6.07) is 2.95. The highest BCUT2D eigenvalue weighted by atomic mass is 16.2. The Balaban J connectivity index is 2.56. The van der Waals surface area contributed by atoms with E-state index in [-0.39, 0.29) is 18.4 Å². The fourth-order valence-corrected chi connectivity index (χ4v) is 1.28. The Hall–Kier alpha value is -1.86. The standard InChI is InChI=1S/C12H15N3O/c1-3-4-11(13)12(16)15-9(2)10-5-7-14-8-6-10/h1,5-9,11H,4,13H2,2H3,(H,15,16)/t9-,11?/m1/s1. The van der Waals surface area contributed by atoms with Crippen LogP contribution in [0.5, 0.6) is 0 Å². The molecule has 4 nitrogen and oxygen atoms in total. The largest absolute Gasteiger partial charge is 0.348 e. The third kappa shape index (κ3) is 3.37. The van der Waals surface area contributed by atoms with E-state index < -0.39 is 6.04 Å². The number of hydrogen-bond donors (Lipinski definition) is 2. The molecule has 1 aromatic rings. The van der Waals surface area contributed by atoms with Gasteiger partial charge in [0.25, 0.3) is 0 Å².